The lowest BCUT2D eigenvalue weighted by Crippen LogP contribution is -2.51. The van der Waals surface area contributed by atoms with Gasteiger partial charge in [0.15, 0.2) is 0 Å². The third kappa shape index (κ3) is 4.74. The van der Waals surface area contributed by atoms with E-state index in [2.05, 4.69) is 5.32 Å². The van der Waals surface area contributed by atoms with Crippen LogP contribution in [0.25, 0.3) is 0 Å². The van der Waals surface area contributed by atoms with Gasteiger partial charge in [-0.05, 0) is 24.5 Å². The Morgan fingerprint density at radius 1 is 1.11 bits per heavy atom. The Morgan fingerprint density at radius 2 is 1.74 bits per heavy atom. The van der Waals surface area contributed by atoms with Crippen LogP contribution in [0.15, 0.2) is 18.2 Å². The predicted octanol–water partition coefficient (Wildman–Crippen LogP) is 2.44. The average Bonchev–Trinajstić information content (AvgIpc) is 3.40. The summed E-state index contributed by atoms with van der Waals surface area (Å²) in [6, 6.07) is 4.98. The maximum absolute atomic E-state index is 12.6. The fraction of sp³-hybridized carbons (Fsp3) is 0.526. The van der Waals surface area contributed by atoms with Crippen molar-refractivity contribution >= 4 is 40.9 Å². The third-order valence-electron chi connectivity index (χ3n) is 5.19. The molecule has 1 aromatic rings. The molecule has 8 heteroatoms. The zero-order chi connectivity index (χ0) is 19.6. The topological polar surface area (TPSA) is 69.7 Å². The first-order valence-electron chi connectivity index (χ1n) is 9.17. The molecule has 3 amide bonds. The molecule has 1 N–H and O–H groups in total. The van der Waals surface area contributed by atoms with Crippen LogP contribution in [-0.2, 0) is 9.59 Å². The van der Waals surface area contributed by atoms with Crippen LogP contribution in [0.2, 0.25) is 10.0 Å². The van der Waals surface area contributed by atoms with Gasteiger partial charge >= 0.3 is 0 Å². The van der Waals surface area contributed by atoms with Crippen molar-refractivity contribution in [2.75, 3.05) is 32.7 Å². The highest BCUT2D eigenvalue weighted by molar-refractivity contribution is 6.43. The Hall–Kier alpha value is -1.79. The molecule has 3 rings (SSSR count). The number of nitrogens with zero attached hydrogens (tertiary/aromatic N) is 2. The van der Waals surface area contributed by atoms with Crippen molar-refractivity contribution in [1.29, 1.82) is 0 Å². The monoisotopic (exact) mass is 411 g/mol. The maximum Gasteiger partial charge on any atom is 0.255 e. The van der Waals surface area contributed by atoms with E-state index in [-0.39, 0.29) is 35.1 Å². The van der Waals surface area contributed by atoms with Crippen molar-refractivity contribution in [2.45, 2.75) is 19.8 Å². The number of nitrogens with one attached hydrogen (secondary N) is 1. The third-order valence-corrected chi connectivity index (χ3v) is 6.00. The number of rotatable bonds is 5. The molecular formula is C19H23Cl2N3O3. The first-order valence-corrected chi connectivity index (χ1v) is 9.93. The van der Waals surface area contributed by atoms with Gasteiger partial charge in [0, 0.05) is 45.1 Å². The highest BCUT2D eigenvalue weighted by Crippen LogP contribution is 2.37. The van der Waals surface area contributed by atoms with Gasteiger partial charge in [-0.2, -0.15) is 0 Å². The van der Waals surface area contributed by atoms with Crippen molar-refractivity contribution in [1.82, 2.24) is 15.1 Å². The second-order valence-electron chi connectivity index (χ2n) is 7.13. The lowest BCUT2D eigenvalue weighted by molar-refractivity contribution is -0.132. The second kappa shape index (κ2) is 8.48. The van der Waals surface area contributed by atoms with Gasteiger partial charge in [0.25, 0.3) is 5.91 Å². The van der Waals surface area contributed by atoms with Crippen molar-refractivity contribution in [2.24, 2.45) is 11.8 Å². The SMILES string of the molecule is CC1CC1C(=O)NCCC(=O)N1CCN(C(=O)c2cccc(Cl)c2Cl)CC1. The van der Waals surface area contributed by atoms with Crippen LogP contribution in [0.1, 0.15) is 30.1 Å². The number of hydrogen-bond acceptors (Lipinski definition) is 3. The molecule has 0 spiro atoms. The Bertz CT molecular complexity index is 748. The van der Waals surface area contributed by atoms with Crippen LogP contribution < -0.4 is 5.32 Å². The summed E-state index contributed by atoms with van der Waals surface area (Å²) in [6.07, 6.45) is 1.22. The van der Waals surface area contributed by atoms with E-state index in [0.29, 0.717) is 49.2 Å². The quantitative estimate of drug-likeness (QED) is 0.808. The molecule has 1 aliphatic heterocycles. The van der Waals surface area contributed by atoms with E-state index in [1.54, 1.807) is 28.0 Å². The molecule has 2 atom stereocenters. The highest BCUT2D eigenvalue weighted by atomic mass is 35.5. The molecule has 0 bridgehead atoms. The van der Waals surface area contributed by atoms with Gasteiger partial charge in [-0.15, -0.1) is 0 Å². The smallest absolute Gasteiger partial charge is 0.255 e. The average molecular weight is 412 g/mol. The lowest BCUT2D eigenvalue weighted by atomic mass is 10.1. The Balaban J connectivity index is 1.44. The van der Waals surface area contributed by atoms with Gasteiger partial charge in [0.2, 0.25) is 11.8 Å². The number of benzene rings is 1. The fourth-order valence-corrected chi connectivity index (χ4v) is 3.65. The molecule has 146 valence electrons. The van der Waals surface area contributed by atoms with Crippen LogP contribution in [0.4, 0.5) is 0 Å². The van der Waals surface area contributed by atoms with E-state index in [9.17, 15) is 14.4 Å². The molecule has 6 nitrogen and oxygen atoms in total. The molecular weight excluding hydrogens is 389 g/mol. The molecule has 27 heavy (non-hydrogen) atoms. The first kappa shape index (κ1) is 20.0. The minimum Gasteiger partial charge on any atom is -0.355 e. The summed E-state index contributed by atoms with van der Waals surface area (Å²) < 4.78 is 0. The van der Waals surface area contributed by atoms with Crippen molar-refractivity contribution in [3.63, 3.8) is 0 Å². The Kier molecular flexibility index (Phi) is 6.27. The fourth-order valence-electron chi connectivity index (χ4n) is 3.27. The van der Waals surface area contributed by atoms with E-state index in [1.165, 1.54) is 0 Å². The molecule has 1 aromatic carbocycles. The zero-order valence-corrected chi connectivity index (χ0v) is 16.7. The van der Waals surface area contributed by atoms with E-state index in [4.69, 9.17) is 23.2 Å². The van der Waals surface area contributed by atoms with Gasteiger partial charge < -0.3 is 15.1 Å². The predicted molar refractivity (Wildman–Crippen MR) is 104 cm³/mol. The molecule has 1 saturated carbocycles. The standard InChI is InChI=1S/C19H23Cl2N3O3/c1-12-11-14(12)18(26)22-6-5-16(25)23-7-9-24(10-8-23)19(27)13-3-2-4-15(20)17(13)21/h2-4,12,14H,5-11H2,1H3,(H,22,26). The largest absolute Gasteiger partial charge is 0.355 e. The number of piperazine rings is 1. The molecule has 2 aliphatic rings. The maximum atomic E-state index is 12.6. The normalized spacial score (nSPS) is 21.7. The number of halogens is 2. The van der Waals surface area contributed by atoms with Gasteiger partial charge in [-0.1, -0.05) is 36.2 Å². The number of amides is 3. The first-order chi connectivity index (χ1) is 12.9. The molecule has 1 heterocycles. The summed E-state index contributed by atoms with van der Waals surface area (Å²) in [5.41, 5.74) is 0.376. The molecule has 1 aliphatic carbocycles. The number of hydrogen-bond donors (Lipinski definition) is 1. The van der Waals surface area contributed by atoms with E-state index >= 15 is 0 Å². The summed E-state index contributed by atoms with van der Waals surface area (Å²) in [5, 5.41) is 3.43. The summed E-state index contributed by atoms with van der Waals surface area (Å²) in [6.45, 7) is 4.23. The Labute approximate surface area is 168 Å². The summed E-state index contributed by atoms with van der Waals surface area (Å²) >= 11 is 12.1. The van der Waals surface area contributed by atoms with E-state index in [0.717, 1.165) is 6.42 Å². The van der Waals surface area contributed by atoms with Crippen LogP contribution >= 0.6 is 23.2 Å². The molecule has 0 radical (unpaired) electrons. The summed E-state index contributed by atoms with van der Waals surface area (Å²) in [4.78, 5) is 40.1. The molecule has 2 unspecified atom stereocenters. The van der Waals surface area contributed by atoms with Crippen molar-refractivity contribution < 1.29 is 14.4 Å². The van der Waals surface area contributed by atoms with Crippen LogP contribution in [0.3, 0.4) is 0 Å². The van der Waals surface area contributed by atoms with Crippen molar-refractivity contribution in [3.05, 3.63) is 33.8 Å². The molecule has 0 aromatic heterocycles. The van der Waals surface area contributed by atoms with Crippen LogP contribution in [0, 0.1) is 11.8 Å². The minimum atomic E-state index is -0.180. The van der Waals surface area contributed by atoms with Crippen LogP contribution in [0.5, 0.6) is 0 Å². The molecule has 2 fully saturated rings. The van der Waals surface area contributed by atoms with Gasteiger partial charge in [-0.25, -0.2) is 0 Å². The number of carbonyl (C=O) groups is 3. The van der Waals surface area contributed by atoms with E-state index in [1.807, 2.05) is 6.92 Å². The minimum absolute atomic E-state index is 0.00738. The number of carbonyl (C=O) groups excluding carboxylic acids is 3. The Morgan fingerprint density at radius 3 is 2.37 bits per heavy atom. The second-order valence-corrected chi connectivity index (χ2v) is 7.92. The van der Waals surface area contributed by atoms with Gasteiger partial charge in [0.05, 0.1) is 15.6 Å². The van der Waals surface area contributed by atoms with Crippen molar-refractivity contribution in [3.8, 4) is 0 Å². The molecule has 1 saturated heterocycles. The highest BCUT2D eigenvalue weighted by Gasteiger charge is 2.38. The summed E-state index contributed by atoms with van der Waals surface area (Å²) in [5.74, 6) is 0.434. The zero-order valence-electron chi connectivity index (χ0n) is 15.2. The van der Waals surface area contributed by atoms with Crippen LogP contribution in [-0.4, -0.2) is 60.2 Å². The van der Waals surface area contributed by atoms with Gasteiger partial charge in [0.1, 0.15) is 0 Å². The summed E-state index contributed by atoms with van der Waals surface area (Å²) in [7, 11) is 0. The lowest BCUT2D eigenvalue weighted by Gasteiger charge is -2.35. The van der Waals surface area contributed by atoms with Gasteiger partial charge in [-0.3, -0.25) is 14.4 Å². The van der Waals surface area contributed by atoms with E-state index < -0.39 is 0 Å².